The number of unbranched alkanes of at least 4 members (excludes halogenated alkanes) is 5. The van der Waals surface area contributed by atoms with Crippen LogP contribution in [0, 0.1) is 11.7 Å². The van der Waals surface area contributed by atoms with Gasteiger partial charge < -0.3 is 76.8 Å². The Morgan fingerprint density at radius 2 is 1.32 bits per heavy atom. The maximum Gasteiger partial charge on any atom is 0.246 e. The quantitative estimate of drug-likeness (QED) is 0.0401. The van der Waals surface area contributed by atoms with E-state index >= 15 is 38.0 Å². The summed E-state index contributed by atoms with van der Waals surface area (Å²) in [5.74, 6) is -15.3. The number of rotatable bonds is 23. The number of carbonyl (C=O) groups excluding carboxylic acids is 12. The zero-order chi connectivity index (χ0) is 87.3. The molecule has 4 heterocycles. The lowest BCUT2D eigenvalue weighted by Crippen LogP contribution is -2.64. The topological polar surface area (TPSA) is 447 Å². The number of para-hydroxylation sites is 1. The summed E-state index contributed by atoms with van der Waals surface area (Å²) in [5, 5.41) is 47.6. The number of nitrogens with two attached hydrogens (primary N) is 1. The van der Waals surface area contributed by atoms with Crippen LogP contribution >= 0.6 is 23.2 Å². The van der Waals surface area contributed by atoms with Crippen LogP contribution in [0.5, 0.6) is 5.75 Å². The molecule has 9 amide bonds. The van der Waals surface area contributed by atoms with Gasteiger partial charge >= 0.3 is 0 Å². The first-order chi connectivity index (χ1) is 56.3. The second kappa shape index (κ2) is 43.3. The van der Waals surface area contributed by atoms with E-state index in [0.29, 0.717) is 49.8 Å². The van der Waals surface area contributed by atoms with E-state index in [2.05, 4.69) is 48.5 Å². The molecule has 646 valence electrons. The van der Waals surface area contributed by atoms with Crippen LogP contribution in [0.15, 0.2) is 110 Å². The fourth-order valence-corrected chi connectivity index (χ4v) is 16.1. The van der Waals surface area contributed by atoms with Gasteiger partial charge in [-0.05, 0) is 118 Å². The van der Waals surface area contributed by atoms with E-state index in [1.807, 2.05) is 0 Å². The number of aliphatic hydroxyl groups excluding tert-OH is 2. The van der Waals surface area contributed by atoms with E-state index in [-0.39, 0.29) is 50.8 Å². The molecule has 8 rings (SSSR count). The third kappa shape index (κ3) is 26.2. The number of halogens is 3. The number of carbonyl (C=O) groups is 12. The number of Topliss-reactive ketones (excluding diaryl/α,β-unsaturated/α-hetero) is 3. The molecular formula is C84H111Cl2FN14O17S. The van der Waals surface area contributed by atoms with Gasteiger partial charge in [0.15, 0.2) is 28.9 Å². The minimum absolute atomic E-state index is 0.00457. The van der Waals surface area contributed by atoms with Crippen molar-refractivity contribution in [2.45, 2.75) is 209 Å². The van der Waals surface area contributed by atoms with Crippen molar-refractivity contribution in [1.29, 1.82) is 0 Å². The SMILES string of the molecule is CCCCCCCCN(C)C(=O)[C@H]1CC(=O)N[C@@H](C)C(=O)N2CCC[C@H]2C(=O)N[C@@H](CCS(C)(=O)=O)C(=O)C[C@@H](Cc2ccc(O)c(F)c2)C(=O)N(C)[C@@H](Cc2cnc[nH]2)C(=O)CN[C@@H]([C@@H](C)O)C(=O)N[C@@H]([C@@H](C)O)C(=O)C[C@@](N)(Cc2c[nH]c3ccccc23)C(=O)N(C)[C@@H](Cc2ccc(Cl)cc2)C(=O)N(C)[C@@H](Cc2ccc(Cl)cc2)C(=O)N1. The lowest BCUT2D eigenvalue weighted by atomic mass is 9.82. The molecular weight excluding hydrogens is 1600 g/mol. The fourth-order valence-electron chi connectivity index (χ4n) is 15.2. The van der Waals surface area contributed by atoms with Gasteiger partial charge in [0.25, 0.3) is 0 Å². The third-order valence-corrected chi connectivity index (χ3v) is 23.6. The van der Waals surface area contributed by atoms with Crippen molar-refractivity contribution in [3.8, 4) is 5.75 Å². The molecule has 0 saturated carbocycles. The Labute approximate surface area is 702 Å². The van der Waals surface area contributed by atoms with E-state index in [1.165, 1.54) is 72.5 Å². The lowest BCUT2D eigenvalue weighted by Gasteiger charge is -2.39. The van der Waals surface area contributed by atoms with Gasteiger partial charge in [0.2, 0.25) is 53.2 Å². The molecule has 31 nitrogen and oxygen atoms in total. The first-order valence-electron chi connectivity index (χ1n) is 40.0. The van der Waals surface area contributed by atoms with Crippen molar-refractivity contribution in [2.75, 3.05) is 59.8 Å². The van der Waals surface area contributed by atoms with Crippen molar-refractivity contribution in [3.63, 3.8) is 0 Å². The minimum Gasteiger partial charge on any atom is -0.505 e. The molecule has 0 spiro atoms. The number of nitrogens with zero attached hydrogens (tertiary/aromatic N) is 6. The molecule has 35 heteroatoms. The summed E-state index contributed by atoms with van der Waals surface area (Å²) in [4.78, 5) is 199. The number of amides is 9. The zero-order valence-corrected chi connectivity index (χ0v) is 70.9. The smallest absolute Gasteiger partial charge is 0.246 e. The van der Waals surface area contributed by atoms with Crippen LogP contribution in [0.4, 0.5) is 4.39 Å². The number of nitrogens with one attached hydrogen (secondary N) is 7. The molecule has 0 radical (unpaired) electrons. The van der Waals surface area contributed by atoms with Crippen LogP contribution in [-0.4, -0.2) is 266 Å². The maximum atomic E-state index is 16.2. The van der Waals surface area contributed by atoms with Gasteiger partial charge in [0.1, 0.15) is 57.7 Å². The molecule has 119 heavy (non-hydrogen) atoms. The van der Waals surface area contributed by atoms with Crippen LogP contribution < -0.4 is 32.3 Å². The number of phenolic OH excluding ortho intramolecular Hbond substituents is 1. The first kappa shape index (κ1) is 94.5. The summed E-state index contributed by atoms with van der Waals surface area (Å²) >= 11 is 12.8. The number of H-pyrrole nitrogens is 2. The number of aromatic nitrogens is 3. The van der Waals surface area contributed by atoms with Crippen molar-refractivity contribution in [1.82, 2.24) is 66.0 Å². The number of ketones is 3. The van der Waals surface area contributed by atoms with Gasteiger partial charge in [0, 0.05) is 131 Å². The average molecular weight is 1710 g/mol. The summed E-state index contributed by atoms with van der Waals surface area (Å²) in [6.07, 6.45) is 2.03. The summed E-state index contributed by atoms with van der Waals surface area (Å²) in [7, 11) is 1.40. The molecule has 2 aliphatic heterocycles. The number of phenols is 1. The molecule has 0 aliphatic carbocycles. The number of fused-ring (bicyclic) bond motifs is 2. The Morgan fingerprint density at radius 3 is 1.94 bits per heavy atom. The predicted molar refractivity (Wildman–Crippen MR) is 444 cm³/mol. The van der Waals surface area contributed by atoms with Crippen molar-refractivity contribution in [3.05, 3.63) is 154 Å². The molecule has 4 aromatic carbocycles. The van der Waals surface area contributed by atoms with Crippen LogP contribution in [0.25, 0.3) is 10.9 Å². The Bertz CT molecular complexity index is 4690. The number of benzene rings is 4. The van der Waals surface area contributed by atoms with Gasteiger partial charge in [-0.1, -0.05) is 111 Å². The van der Waals surface area contributed by atoms with E-state index in [0.717, 1.165) is 70.1 Å². The van der Waals surface area contributed by atoms with Crippen LogP contribution in [0.3, 0.4) is 0 Å². The average Bonchev–Trinajstić information content (AvgIpc) is 1.75. The molecule has 13 atom stereocenters. The number of likely N-dealkylation sites (N-methyl/N-ethyl adjacent to an activating group) is 4. The normalized spacial score (nSPS) is 24.1. The number of hydrogen-bond donors (Lipinski definition) is 11. The van der Waals surface area contributed by atoms with Gasteiger partial charge in [-0.3, -0.25) is 62.9 Å². The highest BCUT2D eigenvalue weighted by Gasteiger charge is 2.47. The Balaban J connectivity index is 1.26. The Kier molecular flexibility index (Phi) is 34.3. The highest BCUT2D eigenvalue weighted by molar-refractivity contribution is 7.90. The number of aromatic hydroxyl groups is 1. The predicted octanol–water partition coefficient (Wildman–Crippen LogP) is 4.17. The number of aliphatic hydroxyl groups is 2. The maximum absolute atomic E-state index is 16.2. The number of aromatic amines is 2. The molecule has 2 fully saturated rings. The second-order valence-corrected chi connectivity index (χ2v) is 34.7. The Hall–Kier alpha value is -10.0. The summed E-state index contributed by atoms with van der Waals surface area (Å²) in [6.45, 7) is 5.06. The molecule has 12 N–H and O–H groups in total. The molecule has 6 aromatic rings. The van der Waals surface area contributed by atoms with Gasteiger partial charge in [0.05, 0.1) is 49.3 Å². The molecule has 2 saturated heterocycles. The van der Waals surface area contributed by atoms with Gasteiger partial charge in [-0.15, -0.1) is 0 Å². The van der Waals surface area contributed by atoms with Crippen LogP contribution in [0.1, 0.15) is 133 Å². The fraction of sp³-hybridized carbons (Fsp3) is 0.512. The van der Waals surface area contributed by atoms with E-state index < -0.39 is 221 Å². The largest absolute Gasteiger partial charge is 0.505 e. The summed E-state index contributed by atoms with van der Waals surface area (Å²) < 4.78 is 41.0. The highest BCUT2D eigenvalue weighted by Crippen LogP contribution is 2.30. The highest BCUT2D eigenvalue weighted by atomic mass is 35.5. The molecule has 2 aromatic heterocycles. The van der Waals surface area contributed by atoms with Gasteiger partial charge in [-0.2, -0.15) is 0 Å². The molecule has 0 unspecified atom stereocenters. The standard InChI is InChI=1S/C84H111Cl2FN14O17S/c1-10-11-12-13-14-17-33-97(5)81(114)64-42-73(108)93-49(2)79(112)101-34-18-21-65(101)76(109)94-63(32-35-119(9,117)118)70(105)40-55(36-54-26-31-69(104)61(87)37-54)80(113)98(6)66(41-59-46-89-48-92-59)72(107)47-91-75(51(4)103)78(111)96-74(50(3)102)71(106)44-84(88,43-56-45-90-62-20-16-15-19-60(56)62)83(116)100(8)68(39-53-24-29-58(86)30-25-53)82(115)99(7)67(77(110)95-64)38-52-22-27-57(85)28-23-52/h15-16,19-20,22-31,37,45-46,48-51,55,63-68,74-75,90-91,102-104H,10-14,17-18,21,32-36,38-44,47,88H2,1-9H3,(H,89,92)(H,93,108)(H,94,109)(H,95,110)(H,96,111)/t49-,50+,51+,55+,63-,64+,65-,66-,67-,68-,74-,75-,84-/m0/s1. The zero-order valence-electron chi connectivity index (χ0n) is 68.5. The second-order valence-electron chi connectivity index (χ2n) is 31.5. The third-order valence-electron chi connectivity index (χ3n) is 22.1. The minimum atomic E-state index is -3.90. The molecule has 2 aliphatic rings. The van der Waals surface area contributed by atoms with Crippen molar-refractivity contribution in [2.24, 2.45) is 11.7 Å². The van der Waals surface area contributed by atoms with E-state index in [4.69, 9.17) is 28.9 Å². The van der Waals surface area contributed by atoms with Crippen molar-refractivity contribution >= 4 is 114 Å². The van der Waals surface area contributed by atoms with E-state index in [9.17, 15) is 47.7 Å². The van der Waals surface area contributed by atoms with Crippen LogP contribution in [0.2, 0.25) is 10.0 Å². The lowest BCUT2D eigenvalue weighted by molar-refractivity contribution is -0.151. The van der Waals surface area contributed by atoms with Gasteiger partial charge in [-0.25, -0.2) is 17.8 Å². The Morgan fingerprint density at radius 1 is 0.697 bits per heavy atom. The van der Waals surface area contributed by atoms with Crippen LogP contribution in [-0.2, 0) is 99.5 Å². The van der Waals surface area contributed by atoms with Crippen molar-refractivity contribution < 1.29 is 85.7 Å². The number of hydrogen-bond acceptors (Lipinski definition) is 20. The summed E-state index contributed by atoms with van der Waals surface area (Å²) in [5.41, 5.74) is 7.32. The first-order valence-corrected chi connectivity index (χ1v) is 42.8. The monoisotopic (exact) mass is 1710 g/mol. The van der Waals surface area contributed by atoms with E-state index in [1.54, 1.807) is 79.0 Å². The summed E-state index contributed by atoms with van der Waals surface area (Å²) in [6, 6.07) is 8.16. The number of sulfone groups is 1. The number of imidazole rings is 1. The molecule has 0 bridgehead atoms.